The predicted molar refractivity (Wildman–Crippen MR) is 153 cm³/mol. The van der Waals surface area contributed by atoms with Crippen molar-refractivity contribution in [3.8, 4) is 11.1 Å². The van der Waals surface area contributed by atoms with Gasteiger partial charge in [-0.25, -0.2) is 16.8 Å². The van der Waals surface area contributed by atoms with E-state index in [4.69, 9.17) is 4.74 Å². The van der Waals surface area contributed by atoms with Crippen LogP contribution in [0.5, 0.6) is 0 Å². The lowest BCUT2D eigenvalue weighted by molar-refractivity contribution is -0.142. The molecule has 1 aromatic heterocycles. The summed E-state index contributed by atoms with van der Waals surface area (Å²) < 4.78 is 53.0. The quantitative estimate of drug-likeness (QED) is 0.269. The zero-order valence-corrected chi connectivity index (χ0v) is 23.9. The number of carbonyl (C=O) groups is 1. The average molecular weight is 566 g/mol. The van der Waals surface area contributed by atoms with Gasteiger partial charge in [0, 0.05) is 29.7 Å². The first-order chi connectivity index (χ1) is 18.4. The third kappa shape index (κ3) is 6.72. The predicted octanol–water partition coefficient (Wildman–Crippen LogP) is 4.78. The number of ether oxygens (including phenoxy) is 1. The fraction of sp³-hybridized carbons (Fsp3) is 0.267. The molecule has 2 unspecified atom stereocenters. The van der Waals surface area contributed by atoms with Crippen LogP contribution in [0.3, 0.4) is 0 Å². The maximum absolute atomic E-state index is 12.8. The van der Waals surface area contributed by atoms with Crippen LogP contribution in [0.25, 0.3) is 22.0 Å². The number of rotatable bonds is 9. The summed E-state index contributed by atoms with van der Waals surface area (Å²) in [6.07, 6.45) is 4.83. The molecule has 2 atom stereocenters. The summed E-state index contributed by atoms with van der Waals surface area (Å²) in [7, 11) is -5.22. The number of nitrogens with zero attached hydrogens (tertiary/aromatic N) is 1. The van der Waals surface area contributed by atoms with Crippen LogP contribution in [0, 0.1) is 0 Å². The smallest absolute Gasteiger partial charge is 0.313 e. The molecule has 204 valence electrons. The van der Waals surface area contributed by atoms with Crippen LogP contribution in [-0.2, 0) is 42.0 Å². The molecule has 0 aliphatic carbocycles. The Bertz CT molecular complexity index is 1730. The molecule has 0 saturated carbocycles. The highest BCUT2D eigenvalue weighted by molar-refractivity contribution is 7.91. The maximum atomic E-state index is 12.8. The normalized spacial score (nSPS) is 13.6. The number of esters is 1. The third-order valence-electron chi connectivity index (χ3n) is 6.89. The van der Waals surface area contributed by atoms with Crippen molar-refractivity contribution in [3.05, 3.63) is 95.7 Å². The molecule has 0 N–H and O–H groups in total. The van der Waals surface area contributed by atoms with E-state index < -0.39 is 36.8 Å². The number of carbonyl (C=O) groups excluding carboxylic acids is 1. The van der Waals surface area contributed by atoms with Gasteiger partial charge in [0.25, 0.3) is 0 Å². The highest BCUT2D eigenvalue weighted by atomic mass is 32.2. The van der Waals surface area contributed by atoms with Crippen molar-refractivity contribution in [1.29, 1.82) is 0 Å². The largest absolute Gasteiger partial charge is 0.469 e. The van der Waals surface area contributed by atoms with Crippen LogP contribution in [0.4, 0.5) is 0 Å². The summed E-state index contributed by atoms with van der Waals surface area (Å²) in [5.41, 5.74) is 5.00. The van der Waals surface area contributed by atoms with Crippen LogP contribution in [0.15, 0.2) is 83.9 Å². The highest BCUT2D eigenvalue weighted by Crippen LogP contribution is 2.32. The van der Waals surface area contributed by atoms with Gasteiger partial charge in [0.1, 0.15) is 9.84 Å². The van der Waals surface area contributed by atoms with Gasteiger partial charge < -0.3 is 4.74 Å². The Morgan fingerprint density at radius 3 is 2.23 bits per heavy atom. The van der Waals surface area contributed by atoms with E-state index in [0.29, 0.717) is 18.4 Å². The van der Waals surface area contributed by atoms with E-state index in [1.165, 1.54) is 25.5 Å². The summed E-state index contributed by atoms with van der Waals surface area (Å²) in [6, 6.07) is 21.8. The van der Waals surface area contributed by atoms with Crippen molar-refractivity contribution in [2.24, 2.45) is 0 Å². The lowest BCUT2D eigenvalue weighted by Crippen LogP contribution is -2.18. The van der Waals surface area contributed by atoms with E-state index in [-0.39, 0.29) is 4.90 Å². The van der Waals surface area contributed by atoms with Gasteiger partial charge in [0.15, 0.2) is 9.84 Å². The lowest BCUT2D eigenvalue weighted by Gasteiger charge is -2.17. The maximum Gasteiger partial charge on any atom is 0.313 e. The van der Waals surface area contributed by atoms with Crippen molar-refractivity contribution in [2.45, 2.75) is 35.8 Å². The molecule has 39 heavy (non-hydrogen) atoms. The second-order valence-electron chi connectivity index (χ2n) is 9.88. The molecule has 0 amide bonds. The first kappa shape index (κ1) is 28.4. The van der Waals surface area contributed by atoms with Gasteiger partial charge in [-0.1, -0.05) is 42.5 Å². The SMILES string of the molecule is COC(=O)C(Cc1cccc(-c2cc(CC(C)S(C)(=O)=O)cc3cccnc23)c1)c1ccc(S(C)(=O)=O)cc1. The van der Waals surface area contributed by atoms with Gasteiger partial charge >= 0.3 is 5.97 Å². The molecule has 4 rings (SSSR count). The molecule has 3 aromatic carbocycles. The summed E-state index contributed by atoms with van der Waals surface area (Å²) >= 11 is 0. The van der Waals surface area contributed by atoms with Gasteiger partial charge in [-0.3, -0.25) is 9.78 Å². The molecule has 0 spiro atoms. The third-order valence-corrected chi connectivity index (χ3v) is 9.65. The minimum absolute atomic E-state index is 0.182. The Labute approximate surface area is 229 Å². The van der Waals surface area contributed by atoms with E-state index in [1.807, 2.05) is 48.5 Å². The summed E-state index contributed by atoms with van der Waals surface area (Å²) in [5.74, 6) is -1.05. The number of pyridine rings is 1. The number of aromatic nitrogens is 1. The van der Waals surface area contributed by atoms with E-state index >= 15 is 0 Å². The number of sulfone groups is 2. The zero-order valence-electron chi connectivity index (χ0n) is 22.3. The molecular formula is C30H31NO6S2. The van der Waals surface area contributed by atoms with Crippen molar-refractivity contribution < 1.29 is 26.4 Å². The Hall–Kier alpha value is -3.56. The van der Waals surface area contributed by atoms with Crippen LogP contribution in [0.1, 0.15) is 29.5 Å². The van der Waals surface area contributed by atoms with Gasteiger partial charge in [-0.05, 0) is 72.4 Å². The van der Waals surface area contributed by atoms with Crippen molar-refractivity contribution in [3.63, 3.8) is 0 Å². The number of benzene rings is 3. The highest BCUT2D eigenvalue weighted by Gasteiger charge is 2.23. The fourth-order valence-corrected chi connectivity index (χ4v) is 5.73. The molecule has 0 fully saturated rings. The molecule has 0 saturated heterocycles. The first-order valence-electron chi connectivity index (χ1n) is 12.4. The van der Waals surface area contributed by atoms with Gasteiger partial charge in [0.2, 0.25) is 0 Å². The lowest BCUT2D eigenvalue weighted by atomic mass is 9.90. The number of fused-ring (bicyclic) bond motifs is 1. The van der Waals surface area contributed by atoms with Gasteiger partial charge in [0.05, 0.1) is 28.7 Å². The molecular weight excluding hydrogens is 534 g/mol. The van der Waals surface area contributed by atoms with Crippen molar-refractivity contribution >= 4 is 36.5 Å². The molecule has 0 aliphatic heterocycles. The molecule has 0 radical (unpaired) electrons. The molecule has 0 bridgehead atoms. The van der Waals surface area contributed by atoms with Crippen molar-refractivity contribution in [1.82, 2.24) is 4.98 Å². The summed E-state index contributed by atoms with van der Waals surface area (Å²) in [4.78, 5) is 17.5. The Balaban J connectivity index is 1.73. The number of methoxy groups -OCH3 is 1. The summed E-state index contributed by atoms with van der Waals surface area (Å²) in [5, 5.41) is 0.384. The van der Waals surface area contributed by atoms with E-state index in [9.17, 15) is 21.6 Å². The number of hydrogen-bond acceptors (Lipinski definition) is 7. The topological polar surface area (TPSA) is 107 Å². The monoisotopic (exact) mass is 565 g/mol. The van der Waals surface area contributed by atoms with E-state index in [2.05, 4.69) is 4.98 Å². The molecule has 4 aromatic rings. The summed E-state index contributed by atoms with van der Waals surface area (Å²) in [6.45, 7) is 1.71. The Morgan fingerprint density at radius 2 is 1.59 bits per heavy atom. The van der Waals surface area contributed by atoms with E-state index in [0.717, 1.165) is 39.4 Å². The molecule has 7 nitrogen and oxygen atoms in total. The van der Waals surface area contributed by atoms with Crippen molar-refractivity contribution in [2.75, 3.05) is 19.6 Å². The molecule has 0 aliphatic rings. The Kier molecular flexibility index (Phi) is 8.23. The first-order valence-corrected chi connectivity index (χ1v) is 16.2. The van der Waals surface area contributed by atoms with Crippen LogP contribution in [0.2, 0.25) is 0 Å². The van der Waals surface area contributed by atoms with E-state index in [1.54, 1.807) is 25.3 Å². The minimum atomic E-state index is -3.36. The van der Waals surface area contributed by atoms with Gasteiger partial charge in [-0.2, -0.15) is 0 Å². The fourth-order valence-electron chi connectivity index (χ4n) is 4.60. The average Bonchev–Trinajstić information content (AvgIpc) is 2.90. The second kappa shape index (κ2) is 11.3. The van der Waals surface area contributed by atoms with Crippen LogP contribution >= 0.6 is 0 Å². The zero-order chi connectivity index (χ0) is 28.4. The second-order valence-corrected chi connectivity index (χ2v) is 14.4. The van der Waals surface area contributed by atoms with Crippen LogP contribution in [-0.4, -0.2) is 52.7 Å². The molecule has 1 heterocycles. The van der Waals surface area contributed by atoms with Gasteiger partial charge in [-0.15, -0.1) is 0 Å². The van der Waals surface area contributed by atoms with Crippen LogP contribution < -0.4 is 0 Å². The minimum Gasteiger partial charge on any atom is -0.469 e. The molecule has 9 heteroatoms. The number of hydrogen-bond donors (Lipinski definition) is 0. The Morgan fingerprint density at radius 1 is 0.872 bits per heavy atom. The standard InChI is InChI=1S/C30H31NO6S2/c1-20(38(3,33)34)15-22-17-25-9-6-14-31-29(25)27(19-22)24-8-5-7-21(16-24)18-28(30(32)37-2)23-10-12-26(13-11-23)39(4,35)36/h5-14,16-17,19-20,28H,15,18H2,1-4H3.